The van der Waals surface area contributed by atoms with Crippen LogP contribution in [0.3, 0.4) is 0 Å². The largest absolute Gasteiger partial charge is 0.354 e. The monoisotopic (exact) mass is 434 g/mol. The lowest BCUT2D eigenvalue weighted by Crippen LogP contribution is -2.52. The van der Waals surface area contributed by atoms with E-state index in [1.807, 2.05) is 0 Å². The molecule has 0 unspecified atom stereocenters. The van der Waals surface area contributed by atoms with Gasteiger partial charge in [0.25, 0.3) is 0 Å². The molecule has 1 aliphatic rings. The first-order valence-electron chi connectivity index (χ1n) is 6.14. The van der Waals surface area contributed by atoms with Crippen LogP contribution in [0, 0.1) is 0 Å². The fourth-order valence-corrected chi connectivity index (χ4v) is 8.20. The van der Waals surface area contributed by atoms with E-state index in [1.165, 1.54) is 0 Å². The molecular formula is C6H18N2O12P4. The zero-order valence-corrected chi connectivity index (χ0v) is 15.5. The molecule has 1 fully saturated rings. The summed E-state index contributed by atoms with van der Waals surface area (Å²) in [4.78, 5) is 74.4. The van der Waals surface area contributed by atoms with Gasteiger partial charge < -0.3 is 39.1 Å². The lowest BCUT2D eigenvalue weighted by atomic mass is 10.3. The van der Waals surface area contributed by atoms with Crippen LogP contribution in [0.1, 0.15) is 0 Å². The molecule has 0 aromatic heterocycles. The maximum Gasteiger partial charge on any atom is 0.354 e. The SMILES string of the molecule is O=P(O)(O)C(N1CCN(C(P(=O)(O)O)P(=O)(O)O)CC1)P(=O)(O)O. The van der Waals surface area contributed by atoms with E-state index in [4.69, 9.17) is 39.1 Å². The molecule has 0 aromatic rings. The molecular weight excluding hydrogens is 416 g/mol. The van der Waals surface area contributed by atoms with Crippen molar-refractivity contribution in [3.8, 4) is 0 Å². The Balaban J connectivity index is 3.00. The molecule has 14 nitrogen and oxygen atoms in total. The normalized spacial score (nSPS) is 20.1. The van der Waals surface area contributed by atoms with Crippen LogP contribution in [0.15, 0.2) is 0 Å². The summed E-state index contributed by atoms with van der Waals surface area (Å²) in [7, 11) is -20.9. The second-order valence-corrected chi connectivity index (χ2v) is 12.6. The van der Waals surface area contributed by atoms with E-state index < -0.39 is 67.6 Å². The summed E-state index contributed by atoms with van der Waals surface area (Å²) in [6, 6.07) is 0. The van der Waals surface area contributed by atoms with Crippen LogP contribution >= 0.6 is 30.4 Å². The van der Waals surface area contributed by atoms with E-state index in [-0.39, 0.29) is 0 Å². The van der Waals surface area contributed by atoms with Gasteiger partial charge in [0, 0.05) is 26.2 Å². The van der Waals surface area contributed by atoms with Gasteiger partial charge >= 0.3 is 30.4 Å². The van der Waals surface area contributed by atoms with E-state index in [0.29, 0.717) is 0 Å². The van der Waals surface area contributed by atoms with Crippen molar-refractivity contribution >= 4 is 30.4 Å². The van der Waals surface area contributed by atoms with Gasteiger partial charge in [-0.05, 0) is 0 Å². The summed E-state index contributed by atoms with van der Waals surface area (Å²) in [6.45, 7) is -1.90. The highest BCUT2D eigenvalue weighted by Crippen LogP contribution is 2.63. The highest BCUT2D eigenvalue weighted by atomic mass is 31.2. The Bertz CT molecular complexity index is 536. The van der Waals surface area contributed by atoms with E-state index in [9.17, 15) is 18.3 Å². The highest BCUT2D eigenvalue weighted by Gasteiger charge is 2.52. The van der Waals surface area contributed by atoms with Crippen LogP contribution in [0.25, 0.3) is 0 Å². The molecule has 1 aliphatic heterocycles. The zero-order valence-electron chi connectivity index (χ0n) is 11.9. The molecule has 0 saturated carbocycles. The first-order chi connectivity index (χ1) is 10.5. The van der Waals surface area contributed by atoms with E-state index in [0.717, 1.165) is 9.80 Å². The first-order valence-corrected chi connectivity index (χ1v) is 12.9. The summed E-state index contributed by atoms with van der Waals surface area (Å²) in [6.07, 6.45) is 0. The van der Waals surface area contributed by atoms with Gasteiger partial charge in [-0.1, -0.05) is 0 Å². The topological polar surface area (TPSA) is 237 Å². The first kappa shape index (κ1) is 22.6. The minimum atomic E-state index is -5.24. The minimum Gasteiger partial charge on any atom is -0.323 e. The summed E-state index contributed by atoms with van der Waals surface area (Å²) in [5, 5.41) is 0. The van der Waals surface area contributed by atoms with E-state index in [1.54, 1.807) is 0 Å². The lowest BCUT2D eigenvalue weighted by molar-refractivity contribution is 0.114. The number of hydrogen-bond acceptors (Lipinski definition) is 6. The average Bonchev–Trinajstić information content (AvgIpc) is 2.23. The maximum absolute atomic E-state index is 11.3. The third-order valence-corrected chi connectivity index (χ3v) is 10.5. The summed E-state index contributed by atoms with van der Waals surface area (Å²) in [5.41, 5.74) is -4.87. The molecule has 0 bridgehead atoms. The Morgan fingerprint density at radius 1 is 0.500 bits per heavy atom. The third-order valence-electron chi connectivity index (χ3n) is 3.21. The fraction of sp³-hybridized carbons (Fsp3) is 1.00. The van der Waals surface area contributed by atoms with Crippen molar-refractivity contribution < 1.29 is 57.4 Å². The molecule has 1 rings (SSSR count). The van der Waals surface area contributed by atoms with Crippen molar-refractivity contribution in [2.75, 3.05) is 26.2 Å². The Morgan fingerprint density at radius 3 is 0.792 bits per heavy atom. The summed E-state index contributed by atoms with van der Waals surface area (Å²) >= 11 is 0. The fourth-order valence-electron chi connectivity index (χ4n) is 2.44. The molecule has 0 radical (unpaired) electrons. The van der Waals surface area contributed by atoms with Crippen LogP contribution in [-0.2, 0) is 18.3 Å². The number of hydrogen-bond donors (Lipinski definition) is 8. The molecule has 24 heavy (non-hydrogen) atoms. The van der Waals surface area contributed by atoms with Gasteiger partial charge in [-0.2, -0.15) is 0 Å². The standard InChI is InChI=1S/C6H18N2O12P4/c9-21(10,11)5(22(12,13)14)7-1-2-8(4-3-7)6(23(15,16)17)24(18,19)20/h5-6H,1-4H2,(H2,9,10,11)(H2,12,13,14)(H2,15,16,17)(H2,18,19,20). The Kier molecular flexibility index (Phi) is 6.83. The predicted molar refractivity (Wildman–Crippen MR) is 78.9 cm³/mol. The molecule has 0 spiro atoms. The molecule has 1 heterocycles. The molecule has 18 heteroatoms. The van der Waals surface area contributed by atoms with Gasteiger partial charge in [0.05, 0.1) is 0 Å². The molecule has 0 aliphatic carbocycles. The second-order valence-electron chi connectivity index (χ2n) is 5.12. The maximum atomic E-state index is 11.3. The summed E-state index contributed by atoms with van der Waals surface area (Å²) < 4.78 is 45.2. The Labute approximate surface area is 135 Å². The minimum absolute atomic E-state index is 0.475. The molecule has 8 N–H and O–H groups in total. The predicted octanol–water partition coefficient (Wildman–Crippen LogP) is -2.12. The van der Waals surface area contributed by atoms with Crippen molar-refractivity contribution in [3.05, 3.63) is 0 Å². The highest BCUT2D eigenvalue weighted by molar-refractivity contribution is 7.71. The Morgan fingerprint density at radius 2 is 0.667 bits per heavy atom. The smallest absolute Gasteiger partial charge is 0.323 e. The van der Waals surface area contributed by atoms with Crippen LogP contribution in [-0.4, -0.2) is 86.2 Å². The molecule has 0 atom stereocenters. The van der Waals surface area contributed by atoms with Crippen molar-refractivity contribution in [1.82, 2.24) is 9.80 Å². The number of rotatable bonds is 6. The van der Waals surface area contributed by atoms with Gasteiger partial charge in [-0.25, -0.2) is 0 Å². The van der Waals surface area contributed by atoms with Crippen LogP contribution in [0.5, 0.6) is 0 Å². The van der Waals surface area contributed by atoms with Crippen LogP contribution < -0.4 is 0 Å². The number of nitrogens with zero attached hydrogens (tertiary/aromatic N) is 2. The molecule has 1 saturated heterocycles. The second kappa shape index (κ2) is 7.26. The van der Waals surface area contributed by atoms with Gasteiger partial charge in [0.2, 0.25) is 11.0 Å². The third kappa shape index (κ3) is 5.77. The van der Waals surface area contributed by atoms with Gasteiger partial charge in [0.1, 0.15) is 0 Å². The molecule has 0 amide bonds. The molecule has 144 valence electrons. The lowest BCUT2D eigenvalue weighted by Gasteiger charge is -2.41. The summed E-state index contributed by atoms with van der Waals surface area (Å²) in [5.74, 6) is 0. The Hall–Kier alpha value is 0.520. The molecule has 0 aromatic carbocycles. The van der Waals surface area contributed by atoms with Crippen molar-refractivity contribution in [2.24, 2.45) is 0 Å². The van der Waals surface area contributed by atoms with E-state index in [2.05, 4.69) is 0 Å². The van der Waals surface area contributed by atoms with Crippen molar-refractivity contribution in [1.29, 1.82) is 0 Å². The average molecular weight is 434 g/mol. The van der Waals surface area contributed by atoms with Gasteiger partial charge in [-0.15, -0.1) is 0 Å². The van der Waals surface area contributed by atoms with Crippen LogP contribution in [0.4, 0.5) is 0 Å². The van der Waals surface area contributed by atoms with Gasteiger partial charge in [0.15, 0.2) is 0 Å². The van der Waals surface area contributed by atoms with Crippen molar-refractivity contribution in [2.45, 2.75) is 11.0 Å². The van der Waals surface area contributed by atoms with Crippen LogP contribution in [0.2, 0.25) is 0 Å². The van der Waals surface area contributed by atoms with E-state index >= 15 is 0 Å². The zero-order chi connectivity index (χ0) is 19.1. The van der Waals surface area contributed by atoms with Crippen molar-refractivity contribution in [3.63, 3.8) is 0 Å². The quantitative estimate of drug-likeness (QED) is 0.209. The van der Waals surface area contributed by atoms with Gasteiger partial charge in [-0.3, -0.25) is 28.1 Å². The number of piperazine rings is 1.